The van der Waals surface area contributed by atoms with Crippen molar-refractivity contribution in [3.05, 3.63) is 69.7 Å². The fourth-order valence-electron chi connectivity index (χ4n) is 0.956. The lowest BCUT2D eigenvalue weighted by atomic mass is 10.2. The van der Waals surface area contributed by atoms with Crippen LogP contribution in [0.5, 0.6) is 0 Å². The van der Waals surface area contributed by atoms with E-state index in [0.29, 0.717) is 10.6 Å². The number of hydrogen-bond donors (Lipinski definition) is 0. The van der Waals surface area contributed by atoms with E-state index in [9.17, 15) is 4.79 Å². The van der Waals surface area contributed by atoms with Crippen molar-refractivity contribution in [2.45, 2.75) is 0 Å². The molecule has 0 fully saturated rings. The Morgan fingerprint density at radius 3 is 1.88 bits per heavy atom. The van der Waals surface area contributed by atoms with Crippen LogP contribution in [0.25, 0.3) is 0 Å². The zero-order chi connectivity index (χ0) is 11.8. The SMILES string of the molecule is Brc1ccccc1.O=Cc1ccc(Cl)cc1. The van der Waals surface area contributed by atoms with Crippen molar-refractivity contribution in [3.63, 3.8) is 0 Å². The lowest BCUT2D eigenvalue weighted by Crippen LogP contribution is -1.74. The van der Waals surface area contributed by atoms with Crippen LogP contribution in [-0.2, 0) is 0 Å². The second-order valence-electron chi connectivity index (χ2n) is 2.96. The van der Waals surface area contributed by atoms with Gasteiger partial charge in [0.1, 0.15) is 6.29 Å². The molecule has 0 spiro atoms. The zero-order valence-corrected chi connectivity index (χ0v) is 10.8. The topological polar surface area (TPSA) is 17.1 Å². The van der Waals surface area contributed by atoms with Gasteiger partial charge in [-0.15, -0.1) is 0 Å². The standard InChI is InChI=1S/C7H5ClO.C6H5Br/c8-7-3-1-6(5-9)2-4-7;7-6-4-2-1-3-5-6/h1-5H;1-5H. The smallest absolute Gasteiger partial charge is 0.150 e. The minimum Gasteiger partial charge on any atom is -0.298 e. The van der Waals surface area contributed by atoms with Crippen LogP contribution in [0, 0.1) is 0 Å². The molecule has 1 nitrogen and oxygen atoms in total. The number of carbonyl (C=O) groups is 1. The normalized spacial score (nSPS) is 8.88. The van der Waals surface area contributed by atoms with Crippen molar-refractivity contribution in [1.82, 2.24) is 0 Å². The molecule has 0 heterocycles. The van der Waals surface area contributed by atoms with Crippen LogP contribution in [0.4, 0.5) is 0 Å². The van der Waals surface area contributed by atoms with Gasteiger partial charge in [0.25, 0.3) is 0 Å². The number of aldehydes is 1. The summed E-state index contributed by atoms with van der Waals surface area (Å²) < 4.78 is 1.13. The van der Waals surface area contributed by atoms with Gasteiger partial charge in [-0.25, -0.2) is 0 Å². The number of hydrogen-bond acceptors (Lipinski definition) is 1. The van der Waals surface area contributed by atoms with E-state index in [4.69, 9.17) is 11.6 Å². The lowest BCUT2D eigenvalue weighted by Gasteiger charge is -1.87. The molecule has 0 saturated carbocycles. The third-order valence-corrected chi connectivity index (χ3v) is 2.52. The molecule has 0 atom stereocenters. The summed E-state index contributed by atoms with van der Waals surface area (Å²) in [4.78, 5) is 10.1. The minimum absolute atomic E-state index is 0.652. The molecule has 82 valence electrons. The van der Waals surface area contributed by atoms with Crippen LogP contribution in [-0.4, -0.2) is 6.29 Å². The predicted molar refractivity (Wildman–Crippen MR) is 71.0 cm³/mol. The third-order valence-electron chi connectivity index (χ3n) is 1.74. The molecular formula is C13H10BrClO. The van der Waals surface area contributed by atoms with Gasteiger partial charge in [-0.3, -0.25) is 4.79 Å². The maximum Gasteiger partial charge on any atom is 0.150 e. The lowest BCUT2D eigenvalue weighted by molar-refractivity contribution is 0.112. The van der Waals surface area contributed by atoms with Crippen molar-refractivity contribution in [3.8, 4) is 0 Å². The molecule has 0 unspecified atom stereocenters. The summed E-state index contributed by atoms with van der Waals surface area (Å²) in [5, 5.41) is 0.653. The number of carbonyl (C=O) groups excluding carboxylic acids is 1. The Bertz CT molecular complexity index is 425. The second-order valence-corrected chi connectivity index (χ2v) is 4.32. The minimum atomic E-state index is 0.652. The Hall–Kier alpha value is -1.12. The first kappa shape index (κ1) is 12.9. The van der Waals surface area contributed by atoms with Gasteiger partial charge in [-0.2, -0.15) is 0 Å². The van der Waals surface area contributed by atoms with E-state index in [1.807, 2.05) is 30.3 Å². The Labute approximate surface area is 108 Å². The molecule has 2 aromatic rings. The van der Waals surface area contributed by atoms with Gasteiger partial charge in [0.15, 0.2) is 0 Å². The van der Waals surface area contributed by atoms with Gasteiger partial charge in [0.05, 0.1) is 0 Å². The summed E-state index contributed by atoms with van der Waals surface area (Å²) >= 11 is 8.86. The first-order valence-corrected chi connectivity index (χ1v) is 5.81. The van der Waals surface area contributed by atoms with Crippen molar-refractivity contribution >= 4 is 33.8 Å². The number of rotatable bonds is 1. The number of halogens is 2. The fraction of sp³-hybridized carbons (Fsp3) is 0. The second kappa shape index (κ2) is 7.20. The molecule has 0 amide bonds. The van der Waals surface area contributed by atoms with Crippen LogP contribution in [0.2, 0.25) is 5.02 Å². The van der Waals surface area contributed by atoms with E-state index in [1.54, 1.807) is 24.3 Å². The van der Waals surface area contributed by atoms with Crippen molar-refractivity contribution in [2.75, 3.05) is 0 Å². The van der Waals surface area contributed by atoms with Gasteiger partial charge < -0.3 is 0 Å². The number of benzene rings is 2. The van der Waals surface area contributed by atoms with Gasteiger partial charge in [0, 0.05) is 15.1 Å². The van der Waals surface area contributed by atoms with Gasteiger partial charge in [-0.05, 0) is 24.3 Å². The average molecular weight is 298 g/mol. The summed E-state index contributed by atoms with van der Waals surface area (Å²) in [5.74, 6) is 0. The van der Waals surface area contributed by atoms with Gasteiger partial charge in [-0.1, -0.05) is 57.9 Å². The highest BCUT2D eigenvalue weighted by Gasteiger charge is 1.86. The Kier molecular flexibility index (Phi) is 5.83. The summed E-state index contributed by atoms with van der Waals surface area (Å²) in [7, 11) is 0. The molecule has 0 aliphatic rings. The quantitative estimate of drug-likeness (QED) is 0.703. The first-order chi connectivity index (χ1) is 7.72. The van der Waals surface area contributed by atoms with Gasteiger partial charge in [0.2, 0.25) is 0 Å². The van der Waals surface area contributed by atoms with Crippen LogP contribution in [0.3, 0.4) is 0 Å². The molecule has 0 aliphatic carbocycles. The molecule has 3 heteroatoms. The molecule has 0 N–H and O–H groups in total. The van der Waals surface area contributed by atoms with Crippen LogP contribution >= 0.6 is 27.5 Å². The molecule has 0 bridgehead atoms. The van der Waals surface area contributed by atoms with E-state index in [1.165, 1.54) is 0 Å². The highest BCUT2D eigenvalue weighted by Crippen LogP contribution is 2.07. The highest BCUT2D eigenvalue weighted by molar-refractivity contribution is 9.10. The maximum atomic E-state index is 10.1. The summed E-state index contributed by atoms with van der Waals surface area (Å²) in [6.45, 7) is 0. The zero-order valence-electron chi connectivity index (χ0n) is 8.44. The molecule has 16 heavy (non-hydrogen) atoms. The summed E-state index contributed by atoms with van der Waals surface area (Å²) in [6.07, 6.45) is 0.788. The summed E-state index contributed by atoms with van der Waals surface area (Å²) in [6, 6.07) is 16.7. The summed E-state index contributed by atoms with van der Waals surface area (Å²) in [5.41, 5.74) is 0.652. The molecular weight excluding hydrogens is 287 g/mol. The monoisotopic (exact) mass is 296 g/mol. The van der Waals surface area contributed by atoms with Crippen molar-refractivity contribution in [2.24, 2.45) is 0 Å². The van der Waals surface area contributed by atoms with E-state index in [2.05, 4.69) is 15.9 Å². The average Bonchev–Trinajstić information content (AvgIpc) is 2.32. The molecule has 0 aliphatic heterocycles. The maximum absolute atomic E-state index is 10.1. The first-order valence-electron chi connectivity index (χ1n) is 4.63. The highest BCUT2D eigenvalue weighted by atomic mass is 79.9. The molecule has 0 aromatic heterocycles. The van der Waals surface area contributed by atoms with E-state index < -0.39 is 0 Å². The van der Waals surface area contributed by atoms with Crippen molar-refractivity contribution < 1.29 is 4.79 Å². The predicted octanol–water partition coefficient (Wildman–Crippen LogP) is 4.60. The van der Waals surface area contributed by atoms with Gasteiger partial charge >= 0.3 is 0 Å². The molecule has 2 rings (SSSR count). The molecule has 0 saturated heterocycles. The Morgan fingerprint density at radius 1 is 0.938 bits per heavy atom. The van der Waals surface area contributed by atoms with Crippen molar-refractivity contribution in [1.29, 1.82) is 0 Å². The fourth-order valence-corrected chi connectivity index (χ4v) is 1.39. The molecule has 2 aromatic carbocycles. The Morgan fingerprint density at radius 2 is 1.50 bits per heavy atom. The van der Waals surface area contributed by atoms with E-state index >= 15 is 0 Å². The largest absolute Gasteiger partial charge is 0.298 e. The van der Waals surface area contributed by atoms with Crippen LogP contribution < -0.4 is 0 Å². The van der Waals surface area contributed by atoms with E-state index in [-0.39, 0.29) is 0 Å². The molecule has 0 radical (unpaired) electrons. The Balaban J connectivity index is 0.000000165. The van der Waals surface area contributed by atoms with Crippen LogP contribution in [0.1, 0.15) is 10.4 Å². The third kappa shape index (κ3) is 5.10. The van der Waals surface area contributed by atoms with E-state index in [0.717, 1.165) is 10.8 Å². The van der Waals surface area contributed by atoms with Crippen LogP contribution in [0.15, 0.2) is 59.1 Å².